The monoisotopic (exact) mass is 242 g/mol. The number of hydrogen-bond donors (Lipinski definition) is 3. The quantitative estimate of drug-likeness (QED) is 0.754. The zero-order valence-electron chi connectivity index (χ0n) is 9.76. The standard InChI is InChI=1S/C13H14N4O/c14-11-8-17-12(6-10(11)13(15)18)16-7-9-4-2-1-3-5-9/h1-6,8H,7,14H2,(H2,15,18)(H,16,17). The average molecular weight is 242 g/mol. The summed E-state index contributed by atoms with van der Waals surface area (Å²) >= 11 is 0. The van der Waals surface area contributed by atoms with Gasteiger partial charge in [-0.05, 0) is 11.6 Å². The summed E-state index contributed by atoms with van der Waals surface area (Å²) in [6.45, 7) is 0.621. The highest BCUT2D eigenvalue weighted by molar-refractivity contribution is 5.98. The van der Waals surface area contributed by atoms with Crippen molar-refractivity contribution < 1.29 is 4.79 Å². The van der Waals surface area contributed by atoms with Gasteiger partial charge < -0.3 is 16.8 Å². The van der Waals surface area contributed by atoms with Crippen LogP contribution >= 0.6 is 0 Å². The van der Waals surface area contributed by atoms with Crippen molar-refractivity contribution in [2.24, 2.45) is 5.73 Å². The Labute approximate surface area is 105 Å². The third-order valence-corrected chi connectivity index (χ3v) is 2.52. The Hall–Kier alpha value is -2.56. The minimum Gasteiger partial charge on any atom is -0.397 e. The number of pyridine rings is 1. The highest BCUT2D eigenvalue weighted by Crippen LogP contribution is 2.14. The molecule has 1 heterocycles. The lowest BCUT2D eigenvalue weighted by molar-refractivity contribution is 0.100. The number of amides is 1. The Balaban J connectivity index is 2.11. The third-order valence-electron chi connectivity index (χ3n) is 2.52. The summed E-state index contributed by atoms with van der Waals surface area (Å²) in [6.07, 6.45) is 1.42. The third kappa shape index (κ3) is 2.76. The van der Waals surface area contributed by atoms with Crippen molar-refractivity contribution in [3.63, 3.8) is 0 Å². The Morgan fingerprint density at radius 1 is 1.28 bits per heavy atom. The molecule has 2 aromatic rings. The molecule has 0 bridgehead atoms. The number of primary amides is 1. The summed E-state index contributed by atoms with van der Waals surface area (Å²) < 4.78 is 0. The number of carbonyl (C=O) groups is 1. The van der Waals surface area contributed by atoms with Gasteiger partial charge in [-0.3, -0.25) is 4.79 Å². The molecule has 0 aliphatic rings. The fourth-order valence-corrected chi connectivity index (χ4v) is 1.56. The smallest absolute Gasteiger partial charge is 0.250 e. The van der Waals surface area contributed by atoms with Gasteiger partial charge in [0, 0.05) is 6.54 Å². The van der Waals surface area contributed by atoms with Crippen molar-refractivity contribution in [3.05, 3.63) is 53.7 Å². The maximum absolute atomic E-state index is 11.1. The maximum atomic E-state index is 11.1. The molecule has 92 valence electrons. The fourth-order valence-electron chi connectivity index (χ4n) is 1.56. The average Bonchev–Trinajstić information content (AvgIpc) is 2.38. The van der Waals surface area contributed by atoms with Gasteiger partial charge in [0.1, 0.15) is 5.82 Å². The zero-order valence-corrected chi connectivity index (χ0v) is 9.76. The van der Waals surface area contributed by atoms with E-state index in [1.54, 1.807) is 6.07 Å². The summed E-state index contributed by atoms with van der Waals surface area (Å²) in [5, 5.41) is 3.11. The lowest BCUT2D eigenvalue weighted by Crippen LogP contribution is -2.14. The normalized spacial score (nSPS) is 10.0. The van der Waals surface area contributed by atoms with Crippen molar-refractivity contribution in [3.8, 4) is 0 Å². The number of anilines is 2. The lowest BCUT2D eigenvalue weighted by Gasteiger charge is -2.08. The number of nitrogens with two attached hydrogens (primary N) is 2. The first-order valence-electron chi connectivity index (χ1n) is 5.50. The minimum atomic E-state index is -0.558. The van der Waals surface area contributed by atoms with E-state index in [0.717, 1.165) is 5.56 Å². The Bertz CT molecular complexity index is 554. The molecule has 0 radical (unpaired) electrons. The van der Waals surface area contributed by atoms with Crippen LogP contribution in [0.25, 0.3) is 0 Å². The van der Waals surface area contributed by atoms with Crippen LogP contribution in [0.3, 0.4) is 0 Å². The predicted molar refractivity (Wildman–Crippen MR) is 70.9 cm³/mol. The van der Waals surface area contributed by atoms with Crippen LogP contribution < -0.4 is 16.8 Å². The zero-order chi connectivity index (χ0) is 13.0. The van der Waals surface area contributed by atoms with Crippen molar-refractivity contribution in [1.82, 2.24) is 4.98 Å². The van der Waals surface area contributed by atoms with Gasteiger partial charge in [0.2, 0.25) is 0 Å². The number of nitrogens with one attached hydrogen (secondary N) is 1. The molecule has 0 unspecified atom stereocenters. The molecule has 1 aromatic heterocycles. The van der Waals surface area contributed by atoms with Crippen molar-refractivity contribution >= 4 is 17.4 Å². The molecule has 0 aliphatic carbocycles. The van der Waals surface area contributed by atoms with Crippen LogP contribution in [-0.2, 0) is 6.54 Å². The number of aromatic nitrogens is 1. The predicted octanol–water partition coefficient (Wildman–Crippen LogP) is 1.37. The number of hydrogen-bond acceptors (Lipinski definition) is 4. The van der Waals surface area contributed by atoms with Crippen LogP contribution in [0.2, 0.25) is 0 Å². The van der Waals surface area contributed by atoms with Crippen molar-refractivity contribution in [2.75, 3.05) is 11.1 Å². The van der Waals surface area contributed by atoms with E-state index in [4.69, 9.17) is 11.5 Å². The number of benzene rings is 1. The number of rotatable bonds is 4. The first kappa shape index (κ1) is 11.9. The summed E-state index contributed by atoms with van der Waals surface area (Å²) in [5.74, 6) is 0.0134. The lowest BCUT2D eigenvalue weighted by atomic mass is 10.2. The first-order chi connectivity index (χ1) is 8.66. The minimum absolute atomic E-state index is 0.278. The molecule has 5 heteroatoms. The van der Waals surface area contributed by atoms with Gasteiger partial charge in [-0.25, -0.2) is 4.98 Å². The van der Waals surface area contributed by atoms with Crippen LogP contribution in [0.5, 0.6) is 0 Å². The highest BCUT2D eigenvalue weighted by atomic mass is 16.1. The van der Waals surface area contributed by atoms with Gasteiger partial charge >= 0.3 is 0 Å². The molecule has 5 N–H and O–H groups in total. The molecule has 18 heavy (non-hydrogen) atoms. The van der Waals surface area contributed by atoms with Crippen molar-refractivity contribution in [2.45, 2.75) is 6.54 Å². The number of nitrogens with zero attached hydrogens (tertiary/aromatic N) is 1. The van der Waals surface area contributed by atoms with Gasteiger partial charge in [-0.2, -0.15) is 0 Å². The number of nitrogen functional groups attached to an aromatic ring is 1. The first-order valence-corrected chi connectivity index (χ1v) is 5.50. The summed E-state index contributed by atoms with van der Waals surface area (Å²) in [4.78, 5) is 15.2. The van der Waals surface area contributed by atoms with Gasteiger partial charge in [0.25, 0.3) is 5.91 Å². The van der Waals surface area contributed by atoms with Crippen LogP contribution in [0.15, 0.2) is 42.6 Å². The molecule has 0 spiro atoms. The van der Waals surface area contributed by atoms with Crippen LogP contribution in [-0.4, -0.2) is 10.9 Å². The second kappa shape index (κ2) is 5.18. The summed E-state index contributed by atoms with van der Waals surface area (Å²) in [7, 11) is 0. The van der Waals surface area contributed by atoms with E-state index < -0.39 is 5.91 Å². The summed E-state index contributed by atoms with van der Waals surface area (Å²) in [5.41, 5.74) is 12.5. The highest BCUT2D eigenvalue weighted by Gasteiger charge is 2.07. The Morgan fingerprint density at radius 2 is 2.00 bits per heavy atom. The second-order valence-corrected chi connectivity index (χ2v) is 3.86. The molecular weight excluding hydrogens is 228 g/mol. The van der Waals surface area contributed by atoms with E-state index in [-0.39, 0.29) is 11.3 Å². The van der Waals surface area contributed by atoms with E-state index in [1.807, 2.05) is 30.3 Å². The van der Waals surface area contributed by atoms with E-state index >= 15 is 0 Å². The molecule has 1 amide bonds. The van der Waals surface area contributed by atoms with Gasteiger partial charge in [0.05, 0.1) is 17.4 Å². The van der Waals surface area contributed by atoms with E-state index in [1.165, 1.54) is 6.20 Å². The van der Waals surface area contributed by atoms with E-state index in [2.05, 4.69) is 10.3 Å². The van der Waals surface area contributed by atoms with Crippen LogP contribution in [0, 0.1) is 0 Å². The molecule has 0 atom stereocenters. The summed E-state index contributed by atoms with van der Waals surface area (Å²) in [6, 6.07) is 11.4. The maximum Gasteiger partial charge on any atom is 0.250 e. The van der Waals surface area contributed by atoms with Gasteiger partial charge in [0.15, 0.2) is 0 Å². The van der Waals surface area contributed by atoms with Crippen molar-refractivity contribution in [1.29, 1.82) is 0 Å². The van der Waals surface area contributed by atoms with Gasteiger partial charge in [-0.15, -0.1) is 0 Å². The fraction of sp³-hybridized carbons (Fsp3) is 0.0769. The molecule has 0 saturated heterocycles. The van der Waals surface area contributed by atoms with Crippen LogP contribution in [0.4, 0.5) is 11.5 Å². The van der Waals surface area contributed by atoms with E-state index in [0.29, 0.717) is 12.4 Å². The second-order valence-electron chi connectivity index (χ2n) is 3.86. The molecule has 5 nitrogen and oxygen atoms in total. The molecule has 0 fully saturated rings. The molecule has 0 aliphatic heterocycles. The molecular formula is C13H14N4O. The topological polar surface area (TPSA) is 94.0 Å². The number of carbonyl (C=O) groups excluding carboxylic acids is 1. The Kier molecular flexibility index (Phi) is 3.43. The SMILES string of the molecule is NC(=O)c1cc(NCc2ccccc2)ncc1N. The molecule has 2 rings (SSSR count). The molecule has 1 aromatic carbocycles. The Morgan fingerprint density at radius 3 is 2.67 bits per heavy atom. The van der Waals surface area contributed by atoms with Gasteiger partial charge in [-0.1, -0.05) is 30.3 Å². The van der Waals surface area contributed by atoms with Crippen LogP contribution in [0.1, 0.15) is 15.9 Å². The largest absolute Gasteiger partial charge is 0.397 e. The van der Waals surface area contributed by atoms with E-state index in [9.17, 15) is 4.79 Å². The molecule has 0 saturated carbocycles.